The molecule has 0 spiro atoms. The summed E-state index contributed by atoms with van der Waals surface area (Å²) in [5, 5.41) is 36.8. The van der Waals surface area contributed by atoms with Crippen molar-refractivity contribution in [1.29, 1.82) is 0 Å². The molecule has 0 unspecified atom stereocenters. The predicted octanol–water partition coefficient (Wildman–Crippen LogP) is 7.65. The van der Waals surface area contributed by atoms with Gasteiger partial charge in [0.1, 0.15) is 0 Å². The van der Waals surface area contributed by atoms with Crippen LogP contribution in [-0.2, 0) is 57.8 Å². The van der Waals surface area contributed by atoms with Crippen molar-refractivity contribution < 1.29 is 97.4 Å². The second-order valence-corrected chi connectivity index (χ2v) is 17.8. The molecule has 4 aromatic carbocycles. The normalized spacial score (nSPS) is 14.8. The molecule has 4 N–H and O–H groups in total. The molecule has 0 bridgehead atoms. The van der Waals surface area contributed by atoms with Crippen molar-refractivity contribution in [3.63, 3.8) is 0 Å². The minimum atomic E-state index is -1.25. The maximum atomic E-state index is 11.8. The molecule has 4 aliphatic heterocycles. The molecular formula is C48H32Br2Cl2N4O16Zn. The number of benzene rings is 4. The molecule has 0 aromatic heterocycles. The van der Waals surface area contributed by atoms with E-state index in [4.69, 9.17) is 43.6 Å². The zero-order valence-corrected chi connectivity index (χ0v) is 45.6. The number of hydrogen-bond donors (Lipinski definition) is 4. The molecular weight excluding hydrogens is 1180 g/mol. The average molecular weight is 1220 g/mol. The molecule has 0 radical (unpaired) electrons. The molecule has 25 heteroatoms. The van der Waals surface area contributed by atoms with E-state index in [2.05, 4.69) is 31.9 Å². The maximum absolute atomic E-state index is 11.8. The quantitative estimate of drug-likeness (QED) is 0.0973. The van der Waals surface area contributed by atoms with E-state index < -0.39 is 71.1 Å². The van der Waals surface area contributed by atoms with Gasteiger partial charge in [0, 0.05) is 85.1 Å². The van der Waals surface area contributed by atoms with E-state index in [0.717, 1.165) is 19.6 Å². The Hall–Kier alpha value is -7.56. The zero-order valence-electron chi connectivity index (χ0n) is 37.9. The number of amides is 8. The van der Waals surface area contributed by atoms with Gasteiger partial charge in [-0.1, -0.05) is 55.1 Å². The van der Waals surface area contributed by atoms with Crippen LogP contribution in [0.25, 0.3) is 0 Å². The predicted molar refractivity (Wildman–Crippen MR) is 264 cm³/mol. The van der Waals surface area contributed by atoms with E-state index in [1.165, 1.54) is 113 Å². The van der Waals surface area contributed by atoms with Crippen molar-refractivity contribution in [3.05, 3.63) is 161 Å². The monoisotopic (exact) mass is 1210 g/mol. The van der Waals surface area contributed by atoms with E-state index >= 15 is 0 Å². The zero-order chi connectivity index (χ0) is 53.8. The molecule has 0 atom stereocenters. The molecule has 8 rings (SSSR count). The van der Waals surface area contributed by atoms with Gasteiger partial charge in [0.25, 0.3) is 47.3 Å². The van der Waals surface area contributed by atoms with Crippen molar-refractivity contribution in [2.75, 3.05) is 19.6 Å². The Bertz CT molecular complexity index is 2870. The van der Waals surface area contributed by atoms with Crippen molar-refractivity contribution in [2.45, 2.75) is 27.7 Å². The Morgan fingerprint density at radius 1 is 0.384 bits per heavy atom. The average Bonchev–Trinajstić information content (AvgIpc) is 3.92. The van der Waals surface area contributed by atoms with E-state index in [9.17, 15) is 57.5 Å². The van der Waals surface area contributed by atoms with Crippen molar-refractivity contribution in [2.24, 2.45) is 0 Å². The van der Waals surface area contributed by atoms with Gasteiger partial charge in [-0.25, -0.2) is 38.8 Å². The maximum Gasteiger partial charge on any atom is 0.337 e. The number of halogens is 4. The standard InChI is InChI=1S/2C12H8BrNO4.2C12H8ClNO4.Zn/c4*1-6-4-10(15)14(11(6)16)9-3-2-7(13)5-8(9)12(17)18;/h4*2-5H,1H3,(H,17,18);. The largest absolute Gasteiger partial charge is 0.478 e. The van der Waals surface area contributed by atoms with Crippen molar-refractivity contribution in [1.82, 2.24) is 0 Å². The number of nitrogens with zero attached hydrogens (tertiary/aromatic N) is 4. The number of hydrogen-bond acceptors (Lipinski definition) is 12. The van der Waals surface area contributed by atoms with Crippen LogP contribution in [0, 0.1) is 0 Å². The van der Waals surface area contributed by atoms with Gasteiger partial charge in [-0.3, -0.25) is 38.4 Å². The first-order valence-electron chi connectivity index (χ1n) is 20.0. The van der Waals surface area contributed by atoms with Crippen LogP contribution in [0.4, 0.5) is 22.7 Å². The van der Waals surface area contributed by atoms with Crippen LogP contribution in [0.1, 0.15) is 69.1 Å². The van der Waals surface area contributed by atoms with Gasteiger partial charge < -0.3 is 20.4 Å². The Morgan fingerprint density at radius 3 is 0.781 bits per heavy atom. The number of rotatable bonds is 8. The van der Waals surface area contributed by atoms with E-state index in [1.54, 1.807) is 12.1 Å². The van der Waals surface area contributed by atoms with Gasteiger partial charge in [-0.15, -0.1) is 0 Å². The summed E-state index contributed by atoms with van der Waals surface area (Å²) in [6, 6.07) is 16.7. The summed E-state index contributed by atoms with van der Waals surface area (Å²) in [5.41, 5.74) is 0.742. The molecule has 4 heterocycles. The minimum Gasteiger partial charge on any atom is -0.478 e. The van der Waals surface area contributed by atoms with Gasteiger partial charge in [0.15, 0.2) is 0 Å². The van der Waals surface area contributed by atoms with Gasteiger partial charge in [-0.2, -0.15) is 0 Å². The van der Waals surface area contributed by atoms with Gasteiger partial charge in [0.05, 0.1) is 45.0 Å². The van der Waals surface area contributed by atoms with Gasteiger partial charge in [0.2, 0.25) is 0 Å². The number of anilines is 4. The Labute approximate surface area is 451 Å². The summed E-state index contributed by atoms with van der Waals surface area (Å²) in [6.45, 7) is 6.02. The van der Waals surface area contributed by atoms with E-state index in [-0.39, 0.29) is 85.7 Å². The number of imide groups is 4. The van der Waals surface area contributed by atoms with Crippen LogP contribution in [0.15, 0.2) is 128 Å². The SMILES string of the molecule is CC1=CC(=O)N(c2ccc(Br)cc2C(=O)O)C1=O.CC1=CC(=O)N(c2ccc(Br)cc2C(=O)O)C1=O.CC1=CC(=O)N(c2ccc(Cl)cc2C(=O)O)C1=O.CC1=CC(=O)N(c2ccc(Cl)cc2C(=O)O)C1=O.[Zn]. The topological polar surface area (TPSA) is 299 Å². The third-order valence-corrected chi connectivity index (χ3v) is 11.6. The first-order valence-corrected chi connectivity index (χ1v) is 22.4. The summed E-state index contributed by atoms with van der Waals surface area (Å²) in [7, 11) is 0. The molecule has 8 amide bonds. The molecule has 0 saturated carbocycles. The summed E-state index contributed by atoms with van der Waals surface area (Å²) in [6.07, 6.45) is 4.72. The number of carbonyl (C=O) groups is 12. The Morgan fingerprint density at radius 2 is 0.589 bits per heavy atom. The molecule has 4 aromatic rings. The first kappa shape index (κ1) is 58.0. The van der Waals surface area contributed by atoms with Crippen LogP contribution >= 0.6 is 55.1 Å². The second-order valence-electron chi connectivity index (χ2n) is 15.1. The smallest absolute Gasteiger partial charge is 0.337 e. The summed E-state index contributed by atoms with van der Waals surface area (Å²) in [4.78, 5) is 142. The third kappa shape index (κ3) is 12.7. The minimum absolute atomic E-state index is 0. The number of carbonyl (C=O) groups excluding carboxylic acids is 8. The number of carboxylic acids is 4. The van der Waals surface area contributed by atoms with E-state index in [0.29, 0.717) is 20.1 Å². The van der Waals surface area contributed by atoms with Crippen LogP contribution in [0.5, 0.6) is 0 Å². The van der Waals surface area contributed by atoms with Crippen LogP contribution in [-0.4, -0.2) is 91.6 Å². The second kappa shape index (κ2) is 23.8. The van der Waals surface area contributed by atoms with Crippen LogP contribution in [0.3, 0.4) is 0 Å². The fourth-order valence-electron chi connectivity index (χ4n) is 6.76. The summed E-state index contributed by atoms with van der Waals surface area (Å²) < 4.78 is 1.12. The van der Waals surface area contributed by atoms with Crippen molar-refractivity contribution >= 4 is 149 Å². The molecule has 370 valence electrons. The third-order valence-electron chi connectivity index (χ3n) is 10.1. The van der Waals surface area contributed by atoms with Gasteiger partial charge >= 0.3 is 23.9 Å². The first-order chi connectivity index (χ1) is 33.7. The Kier molecular flexibility index (Phi) is 18.9. The fraction of sp³-hybridized carbons (Fsp3) is 0.0833. The number of aromatic carboxylic acids is 4. The molecule has 4 aliphatic rings. The molecule has 20 nitrogen and oxygen atoms in total. The van der Waals surface area contributed by atoms with Crippen molar-refractivity contribution in [3.8, 4) is 0 Å². The van der Waals surface area contributed by atoms with E-state index in [1.807, 2.05) is 0 Å². The molecule has 0 aliphatic carbocycles. The summed E-state index contributed by atoms with van der Waals surface area (Å²) >= 11 is 17.7. The molecule has 0 saturated heterocycles. The molecule has 0 fully saturated rings. The molecule has 73 heavy (non-hydrogen) atoms. The fourth-order valence-corrected chi connectivity index (χ4v) is 7.83. The Balaban J connectivity index is 0.000000210. The van der Waals surface area contributed by atoms with Gasteiger partial charge in [-0.05, 0) is 100 Å². The summed E-state index contributed by atoms with van der Waals surface area (Å²) in [5.74, 6) is -9.10. The number of carboxylic acid groups (broad SMARTS) is 4. The van der Waals surface area contributed by atoms with Crippen LogP contribution in [0.2, 0.25) is 10.0 Å². The van der Waals surface area contributed by atoms with Crippen LogP contribution < -0.4 is 19.6 Å².